The summed E-state index contributed by atoms with van der Waals surface area (Å²) in [5.74, 6) is 1.54. The van der Waals surface area contributed by atoms with Crippen LogP contribution in [0.15, 0.2) is 0 Å². The summed E-state index contributed by atoms with van der Waals surface area (Å²) in [6.45, 7) is 17.0. The minimum Gasteiger partial charge on any atom is -0.381 e. The van der Waals surface area contributed by atoms with Gasteiger partial charge in [0, 0.05) is 66.1 Å². The molecule has 0 aromatic rings. The lowest BCUT2D eigenvalue weighted by atomic mass is 10.1. The van der Waals surface area contributed by atoms with Crippen molar-refractivity contribution in [2.24, 2.45) is 11.8 Å². The summed E-state index contributed by atoms with van der Waals surface area (Å²) in [5.41, 5.74) is 0. The van der Waals surface area contributed by atoms with Gasteiger partial charge in [0.2, 0.25) is 0 Å². The van der Waals surface area contributed by atoms with Crippen molar-refractivity contribution >= 4 is 0 Å². The van der Waals surface area contributed by atoms with Gasteiger partial charge in [-0.05, 0) is 63.2 Å². The molecule has 29 heavy (non-hydrogen) atoms. The van der Waals surface area contributed by atoms with Crippen molar-refractivity contribution in [3.63, 3.8) is 0 Å². The lowest BCUT2D eigenvalue weighted by Gasteiger charge is -2.08. The first-order valence-electron chi connectivity index (χ1n) is 12.0. The van der Waals surface area contributed by atoms with Crippen LogP contribution in [0.1, 0.15) is 79.1 Å². The third kappa shape index (κ3) is 27.8. The van der Waals surface area contributed by atoms with Gasteiger partial charge in [-0.15, -0.1) is 0 Å². The van der Waals surface area contributed by atoms with Gasteiger partial charge in [-0.2, -0.15) is 0 Å². The Morgan fingerprint density at radius 1 is 0.345 bits per heavy atom. The summed E-state index contributed by atoms with van der Waals surface area (Å²) in [6.07, 6.45) is 8.66. The van der Waals surface area contributed by atoms with Gasteiger partial charge in [0.1, 0.15) is 0 Å². The average molecular weight is 419 g/mol. The number of ether oxygens (including phenoxy) is 5. The highest BCUT2D eigenvalue weighted by Gasteiger charge is 1.97. The van der Waals surface area contributed by atoms with Gasteiger partial charge in [-0.25, -0.2) is 0 Å². The first-order chi connectivity index (χ1) is 14.1. The zero-order valence-corrected chi connectivity index (χ0v) is 19.9. The van der Waals surface area contributed by atoms with E-state index < -0.39 is 0 Å². The smallest absolute Gasteiger partial charge is 0.0488 e. The maximum absolute atomic E-state index is 5.61. The molecule has 0 spiro atoms. The van der Waals surface area contributed by atoms with Crippen LogP contribution in [0.2, 0.25) is 0 Å². The average Bonchev–Trinajstić information content (AvgIpc) is 2.68. The van der Waals surface area contributed by atoms with Crippen LogP contribution < -0.4 is 0 Å². The molecule has 0 aliphatic rings. The second-order valence-electron chi connectivity index (χ2n) is 8.55. The molecule has 0 N–H and O–H groups in total. The molecule has 0 saturated carbocycles. The van der Waals surface area contributed by atoms with E-state index in [1.807, 2.05) is 0 Å². The lowest BCUT2D eigenvalue weighted by molar-refractivity contribution is 0.0483. The van der Waals surface area contributed by atoms with Crippen molar-refractivity contribution in [3.05, 3.63) is 0 Å². The first-order valence-corrected chi connectivity index (χ1v) is 12.0. The molecule has 0 unspecified atom stereocenters. The van der Waals surface area contributed by atoms with Crippen LogP contribution in [-0.4, -0.2) is 66.1 Å². The molecule has 0 atom stereocenters. The second kappa shape index (κ2) is 24.1. The summed E-state index contributed by atoms with van der Waals surface area (Å²) < 4.78 is 28.0. The Morgan fingerprint density at radius 3 is 0.759 bits per heavy atom. The summed E-state index contributed by atoms with van der Waals surface area (Å²) >= 11 is 0. The molecule has 0 aromatic heterocycles. The quantitative estimate of drug-likeness (QED) is 0.194. The van der Waals surface area contributed by atoms with Gasteiger partial charge in [-0.3, -0.25) is 0 Å². The lowest BCUT2D eigenvalue weighted by Crippen LogP contribution is -2.07. The number of rotatable bonds is 24. The van der Waals surface area contributed by atoms with Crippen molar-refractivity contribution in [1.82, 2.24) is 0 Å². The highest BCUT2D eigenvalue weighted by atomic mass is 16.5. The third-order valence-electron chi connectivity index (χ3n) is 4.45. The normalized spacial score (nSPS) is 11.8. The molecule has 5 nitrogen and oxygen atoms in total. The van der Waals surface area contributed by atoms with Crippen molar-refractivity contribution in [2.45, 2.75) is 79.1 Å². The molecule has 0 radical (unpaired) electrons. The number of hydrogen-bond acceptors (Lipinski definition) is 5. The van der Waals surface area contributed by atoms with E-state index in [-0.39, 0.29) is 0 Å². The van der Waals surface area contributed by atoms with E-state index in [2.05, 4.69) is 27.7 Å². The molecule has 0 saturated heterocycles. The molecule has 176 valence electrons. The van der Waals surface area contributed by atoms with Gasteiger partial charge in [0.05, 0.1) is 0 Å². The molecule has 0 aliphatic carbocycles. The molecule has 0 aliphatic heterocycles. The summed E-state index contributed by atoms with van der Waals surface area (Å²) in [4.78, 5) is 0. The topological polar surface area (TPSA) is 46.2 Å². The molecule has 5 heteroatoms. The minimum atomic E-state index is 0.760. The predicted octanol–water partition coefficient (Wildman–Crippen LogP) is 5.50. The Labute approximate surface area is 181 Å². The zero-order valence-electron chi connectivity index (χ0n) is 19.9. The maximum Gasteiger partial charge on any atom is 0.0488 e. The van der Waals surface area contributed by atoms with Gasteiger partial charge in [0.25, 0.3) is 0 Å². The van der Waals surface area contributed by atoms with Crippen molar-refractivity contribution in [3.8, 4) is 0 Å². The molecule has 0 rings (SSSR count). The van der Waals surface area contributed by atoms with Gasteiger partial charge >= 0.3 is 0 Å². The number of hydrogen-bond donors (Lipinski definition) is 0. The van der Waals surface area contributed by atoms with E-state index in [1.54, 1.807) is 0 Å². The minimum absolute atomic E-state index is 0.760. The highest BCUT2D eigenvalue weighted by molar-refractivity contribution is 4.46. The Bertz CT molecular complexity index is 269. The van der Waals surface area contributed by atoms with Crippen LogP contribution >= 0.6 is 0 Å². The fourth-order valence-corrected chi connectivity index (χ4v) is 2.75. The summed E-state index contributed by atoms with van der Waals surface area (Å²) in [7, 11) is 0. The second-order valence-corrected chi connectivity index (χ2v) is 8.55. The third-order valence-corrected chi connectivity index (χ3v) is 4.45. The van der Waals surface area contributed by atoms with E-state index in [0.29, 0.717) is 0 Å². The predicted molar refractivity (Wildman–Crippen MR) is 121 cm³/mol. The molecule has 0 fully saturated rings. The highest BCUT2D eigenvalue weighted by Crippen LogP contribution is 2.04. The van der Waals surface area contributed by atoms with Crippen molar-refractivity contribution in [2.75, 3.05) is 66.1 Å². The Kier molecular flexibility index (Phi) is 23.9. The molecule has 0 amide bonds. The largest absolute Gasteiger partial charge is 0.381 e. The Hall–Kier alpha value is -0.200. The van der Waals surface area contributed by atoms with Crippen LogP contribution in [0, 0.1) is 11.8 Å². The van der Waals surface area contributed by atoms with E-state index in [1.165, 1.54) is 12.8 Å². The fourth-order valence-electron chi connectivity index (χ4n) is 2.75. The summed E-state index contributed by atoms with van der Waals surface area (Å²) in [6, 6.07) is 0. The van der Waals surface area contributed by atoms with Gasteiger partial charge < -0.3 is 23.7 Å². The Morgan fingerprint density at radius 2 is 0.552 bits per heavy atom. The maximum atomic E-state index is 5.61. The van der Waals surface area contributed by atoms with E-state index in [0.717, 1.165) is 116 Å². The first kappa shape index (κ1) is 28.8. The van der Waals surface area contributed by atoms with Crippen LogP contribution in [0.3, 0.4) is 0 Å². The monoisotopic (exact) mass is 418 g/mol. The molecular weight excluding hydrogens is 368 g/mol. The molecule has 0 heterocycles. The standard InChI is InChI=1S/C24H50O5/c1-23(2)11-5-13-25-15-7-17-27-19-9-21-29-22-10-20-28-18-8-16-26-14-6-12-24(3)4/h23-24H,5-22H2,1-4H3. The van der Waals surface area contributed by atoms with Crippen LogP contribution in [-0.2, 0) is 23.7 Å². The SMILES string of the molecule is CC(C)CCCOCCCOCCCOCCCOCCCOCCCC(C)C. The zero-order chi connectivity index (χ0) is 21.4. The van der Waals surface area contributed by atoms with Crippen molar-refractivity contribution < 1.29 is 23.7 Å². The molecular formula is C24H50O5. The van der Waals surface area contributed by atoms with Gasteiger partial charge in [0.15, 0.2) is 0 Å². The van der Waals surface area contributed by atoms with Gasteiger partial charge in [-0.1, -0.05) is 27.7 Å². The van der Waals surface area contributed by atoms with E-state index >= 15 is 0 Å². The summed E-state index contributed by atoms with van der Waals surface area (Å²) in [5, 5.41) is 0. The fraction of sp³-hybridized carbons (Fsp3) is 1.00. The van der Waals surface area contributed by atoms with Crippen LogP contribution in [0.5, 0.6) is 0 Å². The van der Waals surface area contributed by atoms with E-state index in [9.17, 15) is 0 Å². The van der Waals surface area contributed by atoms with Crippen LogP contribution in [0.4, 0.5) is 0 Å². The van der Waals surface area contributed by atoms with E-state index in [4.69, 9.17) is 23.7 Å². The van der Waals surface area contributed by atoms with Crippen molar-refractivity contribution in [1.29, 1.82) is 0 Å². The van der Waals surface area contributed by atoms with Crippen LogP contribution in [0.25, 0.3) is 0 Å². The Balaban J connectivity index is 3.00. The molecule has 0 bridgehead atoms. The molecule has 0 aromatic carbocycles.